The molecular formula is C14H20N4O4. The van der Waals surface area contributed by atoms with Crippen molar-refractivity contribution in [3.63, 3.8) is 0 Å². The summed E-state index contributed by atoms with van der Waals surface area (Å²) in [5.74, 6) is -0.742. The van der Waals surface area contributed by atoms with E-state index in [1.54, 1.807) is 4.90 Å². The molecule has 8 heteroatoms. The van der Waals surface area contributed by atoms with Crippen molar-refractivity contribution in [1.82, 2.24) is 20.0 Å². The first kappa shape index (κ1) is 16.0. The Hall–Kier alpha value is -2.38. The second-order valence-electron chi connectivity index (χ2n) is 5.19. The van der Waals surface area contributed by atoms with Gasteiger partial charge < -0.3 is 14.2 Å². The molecule has 0 radical (unpaired) electrons. The van der Waals surface area contributed by atoms with Crippen molar-refractivity contribution < 1.29 is 14.0 Å². The van der Waals surface area contributed by atoms with E-state index in [2.05, 4.69) is 16.8 Å². The highest BCUT2D eigenvalue weighted by Gasteiger charge is 2.29. The summed E-state index contributed by atoms with van der Waals surface area (Å²) in [5.41, 5.74) is 0. The number of likely N-dealkylation sites (N-methyl/N-ethyl adjacent to an activating group) is 1. The highest BCUT2D eigenvalue weighted by molar-refractivity contribution is 5.90. The number of aromatic nitrogens is 2. The Bertz CT molecular complexity index is 606. The van der Waals surface area contributed by atoms with Crippen LogP contribution in [0, 0.1) is 0 Å². The van der Waals surface area contributed by atoms with Gasteiger partial charge in [0, 0.05) is 19.6 Å². The fourth-order valence-electron chi connectivity index (χ4n) is 2.56. The van der Waals surface area contributed by atoms with Gasteiger partial charge in [-0.3, -0.25) is 9.59 Å². The topological polar surface area (TPSA) is 99.5 Å². The Labute approximate surface area is 127 Å². The van der Waals surface area contributed by atoms with Crippen molar-refractivity contribution in [1.29, 1.82) is 0 Å². The number of nitrogens with zero attached hydrogens (tertiary/aromatic N) is 3. The number of carbonyl (C=O) groups excluding carboxylic acids is 2. The van der Waals surface area contributed by atoms with Crippen LogP contribution >= 0.6 is 0 Å². The summed E-state index contributed by atoms with van der Waals surface area (Å²) in [5, 5.41) is 6.07. The third kappa shape index (κ3) is 3.63. The van der Waals surface area contributed by atoms with E-state index >= 15 is 0 Å². The molecule has 1 saturated heterocycles. The summed E-state index contributed by atoms with van der Waals surface area (Å²) in [7, 11) is 0. The molecule has 2 amide bonds. The molecule has 1 fully saturated rings. The van der Waals surface area contributed by atoms with Crippen molar-refractivity contribution in [3.8, 4) is 0 Å². The summed E-state index contributed by atoms with van der Waals surface area (Å²) in [6, 6.07) is 0. The molecular weight excluding hydrogens is 288 g/mol. The smallest absolute Gasteiger partial charge is 0.392 e. The predicted molar refractivity (Wildman–Crippen MR) is 78.1 cm³/mol. The maximum absolute atomic E-state index is 12.3. The standard InChI is InChI=1S/C14H20N4O4/c1-3-11(19)17(4-2)9-12(20)18-7-5-6-10(8-18)13-15-16-14(21)22-13/h3,10H,1,4-9H2,2H3,(H,16,21). The van der Waals surface area contributed by atoms with E-state index in [-0.39, 0.29) is 24.3 Å². The zero-order chi connectivity index (χ0) is 16.1. The Kier molecular flexibility index (Phi) is 5.13. The molecule has 0 aromatic carbocycles. The Morgan fingerprint density at radius 2 is 2.36 bits per heavy atom. The minimum absolute atomic E-state index is 0.0264. The molecule has 0 aliphatic carbocycles. The predicted octanol–water partition coefficient (Wildman–Crippen LogP) is 0.103. The van der Waals surface area contributed by atoms with Gasteiger partial charge in [0.05, 0.1) is 12.5 Å². The molecule has 1 N–H and O–H groups in total. The summed E-state index contributed by atoms with van der Waals surface area (Å²) >= 11 is 0. The first-order chi connectivity index (χ1) is 10.5. The van der Waals surface area contributed by atoms with Crippen LogP contribution in [0.25, 0.3) is 0 Å². The summed E-state index contributed by atoms with van der Waals surface area (Å²) in [6.07, 6.45) is 2.81. The first-order valence-corrected chi connectivity index (χ1v) is 7.29. The van der Waals surface area contributed by atoms with Gasteiger partial charge in [-0.2, -0.15) is 0 Å². The highest BCUT2D eigenvalue weighted by atomic mass is 16.4. The average molecular weight is 308 g/mol. The van der Waals surface area contributed by atoms with Crippen LogP contribution in [0.5, 0.6) is 0 Å². The maximum atomic E-state index is 12.3. The van der Waals surface area contributed by atoms with Crippen LogP contribution in [0.4, 0.5) is 0 Å². The molecule has 1 aromatic rings. The normalized spacial score (nSPS) is 18.0. The van der Waals surface area contributed by atoms with E-state index in [1.165, 1.54) is 11.0 Å². The van der Waals surface area contributed by atoms with Gasteiger partial charge in [-0.05, 0) is 25.8 Å². The number of amides is 2. The third-order valence-electron chi connectivity index (χ3n) is 3.77. The van der Waals surface area contributed by atoms with E-state index in [0.29, 0.717) is 25.5 Å². The van der Waals surface area contributed by atoms with Crippen LogP contribution in [0.3, 0.4) is 0 Å². The number of piperidine rings is 1. The lowest BCUT2D eigenvalue weighted by Crippen LogP contribution is -2.45. The van der Waals surface area contributed by atoms with Gasteiger partial charge in [-0.25, -0.2) is 9.89 Å². The molecule has 2 rings (SSSR count). The zero-order valence-electron chi connectivity index (χ0n) is 12.6. The van der Waals surface area contributed by atoms with Gasteiger partial charge in [0.25, 0.3) is 0 Å². The molecule has 0 bridgehead atoms. The minimum atomic E-state index is -0.591. The molecule has 0 saturated carbocycles. The fourth-order valence-corrected chi connectivity index (χ4v) is 2.56. The third-order valence-corrected chi connectivity index (χ3v) is 3.77. The highest BCUT2D eigenvalue weighted by Crippen LogP contribution is 2.24. The molecule has 1 aliphatic rings. The van der Waals surface area contributed by atoms with Crippen LogP contribution < -0.4 is 5.76 Å². The molecule has 120 valence electrons. The van der Waals surface area contributed by atoms with Crippen LogP contribution in [0.2, 0.25) is 0 Å². The number of likely N-dealkylation sites (tertiary alicyclic amines) is 1. The molecule has 0 spiro atoms. The Balaban J connectivity index is 1.99. The Morgan fingerprint density at radius 3 is 2.95 bits per heavy atom. The molecule has 1 unspecified atom stereocenters. The number of hydrogen-bond acceptors (Lipinski definition) is 5. The molecule has 22 heavy (non-hydrogen) atoms. The molecule has 1 aliphatic heterocycles. The minimum Gasteiger partial charge on any atom is -0.392 e. The van der Waals surface area contributed by atoms with E-state index < -0.39 is 5.76 Å². The number of H-pyrrole nitrogens is 1. The molecule has 1 aromatic heterocycles. The Morgan fingerprint density at radius 1 is 1.59 bits per heavy atom. The van der Waals surface area contributed by atoms with E-state index in [9.17, 15) is 14.4 Å². The SMILES string of the molecule is C=CC(=O)N(CC)CC(=O)N1CCCC(c2n[nH]c(=O)o2)C1. The fraction of sp³-hybridized carbons (Fsp3) is 0.571. The van der Waals surface area contributed by atoms with Crippen LogP contribution in [-0.4, -0.2) is 58.0 Å². The lowest BCUT2D eigenvalue weighted by Gasteiger charge is -2.32. The summed E-state index contributed by atoms with van der Waals surface area (Å²) in [4.78, 5) is 38.1. The molecule has 8 nitrogen and oxygen atoms in total. The van der Waals surface area contributed by atoms with E-state index in [1.807, 2.05) is 6.92 Å². The molecule has 1 atom stereocenters. The van der Waals surface area contributed by atoms with Crippen molar-refractivity contribution in [2.24, 2.45) is 0 Å². The van der Waals surface area contributed by atoms with E-state index in [4.69, 9.17) is 4.42 Å². The van der Waals surface area contributed by atoms with Gasteiger partial charge in [0.15, 0.2) is 0 Å². The molecule has 2 heterocycles. The summed E-state index contributed by atoms with van der Waals surface area (Å²) in [6.45, 7) is 6.78. The van der Waals surface area contributed by atoms with Gasteiger partial charge in [-0.15, -0.1) is 5.10 Å². The van der Waals surface area contributed by atoms with Crippen molar-refractivity contribution in [2.45, 2.75) is 25.7 Å². The second-order valence-corrected chi connectivity index (χ2v) is 5.19. The van der Waals surface area contributed by atoms with Crippen molar-refractivity contribution in [2.75, 3.05) is 26.2 Å². The lowest BCUT2D eigenvalue weighted by molar-refractivity contribution is -0.139. The number of carbonyl (C=O) groups is 2. The van der Waals surface area contributed by atoms with Gasteiger partial charge >= 0.3 is 5.76 Å². The number of nitrogens with one attached hydrogen (secondary N) is 1. The number of hydrogen-bond donors (Lipinski definition) is 1. The van der Waals surface area contributed by atoms with Gasteiger partial charge in [0.1, 0.15) is 0 Å². The zero-order valence-corrected chi connectivity index (χ0v) is 12.6. The van der Waals surface area contributed by atoms with Crippen LogP contribution in [-0.2, 0) is 9.59 Å². The number of rotatable bonds is 5. The van der Waals surface area contributed by atoms with Gasteiger partial charge in [0.2, 0.25) is 17.7 Å². The van der Waals surface area contributed by atoms with Crippen molar-refractivity contribution in [3.05, 3.63) is 29.1 Å². The summed E-state index contributed by atoms with van der Waals surface area (Å²) < 4.78 is 4.97. The maximum Gasteiger partial charge on any atom is 0.434 e. The lowest BCUT2D eigenvalue weighted by atomic mass is 9.98. The van der Waals surface area contributed by atoms with E-state index in [0.717, 1.165) is 12.8 Å². The van der Waals surface area contributed by atoms with Crippen molar-refractivity contribution >= 4 is 11.8 Å². The second kappa shape index (κ2) is 7.06. The largest absolute Gasteiger partial charge is 0.434 e. The van der Waals surface area contributed by atoms with Crippen LogP contribution in [0.15, 0.2) is 21.9 Å². The van der Waals surface area contributed by atoms with Gasteiger partial charge in [-0.1, -0.05) is 6.58 Å². The average Bonchev–Trinajstić information content (AvgIpc) is 2.98. The first-order valence-electron chi connectivity index (χ1n) is 7.29. The number of aromatic amines is 1. The monoisotopic (exact) mass is 308 g/mol. The van der Waals surface area contributed by atoms with Crippen LogP contribution in [0.1, 0.15) is 31.6 Å². The quantitative estimate of drug-likeness (QED) is 0.778.